The summed E-state index contributed by atoms with van der Waals surface area (Å²) in [6.07, 6.45) is 4.99. The van der Waals surface area contributed by atoms with Gasteiger partial charge in [-0.25, -0.2) is 14.2 Å². The van der Waals surface area contributed by atoms with Gasteiger partial charge in [-0.1, -0.05) is 0 Å². The van der Waals surface area contributed by atoms with Gasteiger partial charge in [-0.3, -0.25) is 4.99 Å². The summed E-state index contributed by atoms with van der Waals surface area (Å²) in [6, 6.07) is 3.65. The Kier molecular flexibility index (Phi) is 4.58. The maximum Gasteiger partial charge on any atom is 0.245 e. The SMILES string of the molecule is Fc1cc(F)cc([C@@H]2CCC(NNC3CC(Oc4cnsn4)C3)=N2)c1. The van der Waals surface area contributed by atoms with Crippen molar-refractivity contribution in [2.24, 2.45) is 4.99 Å². The van der Waals surface area contributed by atoms with Crippen molar-refractivity contribution in [1.82, 2.24) is 19.6 Å². The standard InChI is InChI=1S/C16H17F2N5OS/c17-10-3-9(4-11(18)5-10)14-1-2-15(20-14)22-21-12-6-13(7-12)24-16-8-19-25-23-16/h3-5,8,12-14,21H,1-2,6-7H2,(H,20,22)/t12?,13?,14-/m0/s1. The fraction of sp³-hybridized carbons (Fsp3) is 0.438. The second-order valence-corrected chi connectivity index (χ2v) is 6.81. The first kappa shape index (κ1) is 16.3. The summed E-state index contributed by atoms with van der Waals surface area (Å²) in [7, 11) is 0. The van der Waals surface area contributed by atoms with Gasteiger partial charge in [0.15, 0.2) is 0 Å². The van der Waals surface area contributed by atoms with Crippen molar-refractivity contribution in [3.8, 4) is 5.88 Å². The van der Waals surface area contributed by atoms with Gasteiger partial charge in [0.1, 0.15) is 29.8 Å². The highest BCUT2D eigenvalue weighted by Gasteiger charge is 2.32. The summed E-state index contributed by atoms with van der Waals surface area (Å²) in [5.74, 6) is 0.246. The quantitative estimate of drug-likeness (QED) is 0.798. The van der Waals surface area contributed by atoms with E-state index in [2.05, 4.69) is 24.6 Å². The van der Waals surface area contributed by atoms with Crippen molar-refractivity contribution in [3.05, 3.63) is 41.6 Å². The Morgan fingerprint density at radius 1 is 1.16 bits per heavy atom. The molecule has 2 aliphatic rings. The number of aliphatic imine (C=N–C) groups is 1. The van der Waals surface area contributed by atoms with Crippen molar-refractivity contribution >= 4 is 17.6 Å². The summed E-state index contributed by atoms with van der Waals surface area (Å²) < 4.78 is 40.2. The molecule has 0 bridgehead atoms. The van der Waals surface area contributed by atoms with E-state index in [1.54, 1.807) is 6.20 Å². The number of nitrogens with zero attached hydrogens (tertiary/aromatic N) is 3. The maximum absolute atomic E-state index is 13.3. The van der Waals surface area contributed by atoms with E-state index in [1.165, 1.54) is 12.1 Å². The van der Waals surface area contributed by atoms with Gasteiger partial charge in [-0.05, 0) is 24.1 Å². The largest absolute Gasteiger partial charge is 0.472 e. The van der Waals surface area contributed by atoms with Gasteiger partial charge in [0.2, 0.25) is 5.88 Å². The lowest BCUT2D eigenvalue weighted by atomic mass is 9.90. The van der Waals surface area contributed by atoms with Gasteiger partial charge in [0, 0.05) is 31.4 Å². The highest BCUT2D eigenvalue weighted by Crippen LogP contribution is 2.29. The van der Waals surface area contributed by atoms with Crippen LogP contribution in [-0.2, 0) is 0 Å². The maximum atomic E-state index is 13.3. The zero-order valence-corrected chi connectivity index (χ0v) is 14.1. The van der Waals surface area contributed by atoms with Crippen LogP contribution in [0.3, 0.4) is 0 Å². The van der Waals surface area contributed by atoms with Gasteiger partial charge in [-0.15, -0.1) is 4.37 Å². The third-order valence-electron chi connectivity index (χ3n) is 4.38. The van der Waals surface area contributed by atoms with Gasteiger partial charge in [0.25, 0.3) is 0 Å². The van der Waals surface area contributed by atoms with Crippen LogP contribution >= 0.6 is 11.7 Å². The Labute approximate surface area is 147 Å². The van der Waals surface area contributed by atoms with E-state index >= 15 is 0 Å². The molecule has 0 spiro atoms. The first-order valence-electron chi connectivity index (χ1n) is 8.14. The summed E-state index contributed by atoms with van der Waals surface area (Å²) in [5.41, 5.74) is 6.92. The molecule has 1 atom stereocenters. The number of halogens is 2. The van der Waals surface area contributed by atoms with Crippen LogP contribution in [0.25, 0.3) is 0 Å². The fourth-order valence-electron chi connectivity index (χ4n) is 3.04. The molecule has 1 aliphatic carbocycles. The molecular formula is C16H17F2N5OS. The third-order valence-corrected chi connectivity index (χ3v) is 4.84. The highest BCUT2D eigenvalue weighted by molar-refractivity contribution is 6.99. The summed E-state index contributed by atoms with van der Waals surface area (Å²) in [5, 5.41) is 0. The number of ether oxygens (including phenoxy) is 1. The number of amidine groups is 1. The van der Waals surface area contributed by atoms with E-state index in [0.717, 1.165) is 49.3 Å². The molecule has 132 valence electrons. The minimum absolute atomic E-state index is 0.150. The van der Waals surface area contributed by atoms with Crippen LogP contribution in [0.15, 0.2) is 29.4 Å². The molecule has 9 heteroatoms. The zero-order chi connectivity index (χ0) is 17.2. The number of nitrogens with one attached hydrogen (secondary N) is 2. The molecule has 1 aromatic carbocycles. The third kappa shape index (κ3) is 3.93. The Hall–Kier alpha value is -2.13. The number of rotatable bonds is 5. The Bertz CT molecular complexity index is 744. The molecule has 4 rings (SSSR count). The van der Waals surface area contributed by atoms with Crippen LogP contribution in [0.1, 0.15) is 37.3 Å². The predicted molar refractivity (Wildman–Crippen MR) is 89.4 cm³/mol. The zero-order valence-electron chi connectivity index (χ0n) is 13.3. The smallest absolute Gasteiger partial charge is 0.245 e. The van der Waals surface area contributed by atoms with E-state index in [9.17, 15) is 8.78 Å². The summed E-state index contributed by atoms with van der Waals surface area (Å²) >= 11 is 1.13. The fourth-order valence-corrected chi connectivity index (χ4v) is 3.39. The van der Waals surface area contributed by atoms with Gasteiger partial charge in [0.05, 0.1) is 17.8 Å². The van der Waals surface area contributed by atoms with Gasteiger partial charge < -0.3 is 10.2 Å². The van der Waals surface area contributed by atoms with Gasteiger partial charge in [-0.2, -0.15) is 4.37 Å². The average Bonchev–Trinajstić information content (AvgIpc) is 3.20. The molecule has 1 fully saturated rings. The number of aromatic nitrogens is 2. The first-order chi connectivity index (χ1) is 12.2. The van der Waals surface area contributed by atoms with E-state index in [0.29, 0.717) is 17.5 Å². The highest BCUT2D eigenvalue weighted by atomic mass is 32.1. The van der Waals surface area contributed by atoms with E-state index in [4.69, 9.17) is 4.74 Å². The minimum atomic E-state index is -0.569. The predicted octanol–water partition coefficient (Wildman–Crippen LogP) is 2.75. The lowest BCUT2D eigenvalue weighted by molar-refractivity contribution is 0.0783. The lowest BCUT2D eigenvalue weighted by Crippen LogP contribution is -2.53. The first-order valence-corrected chi connectivity index (χ1v) is 8.87. The van der Waals surface area contributed by atoms with Crippen LogP contribution < -0.4 is 15.6 Å². The molecule has 2 aromatic rings. The van der Waals surface area contributed by atoms with Crippen LogP contribution in [0.4, 0.5) is 8.78 Å². The van der Waals surface area contributed by atoms with Crippen LogP contribution in [0.2, 0.25) is 0 Å². The van der Waals surface area contributed by atoms with Crippen molar-refractivity contribution < 1.29 is 13.5 Å². The molecule has 0 saturated heterocycles. The molecule has 0 radical (unpaired) electrons. The van der Waals surface area contributed by atoms with E-state index in [-0.39, 0.29) is 12.1 Å². The Balaban J connectivity index is 1.24. The average molecular weight is 365 g/mol. The second kappa shape index (κ2) is 7.01. The van der Waals surface area contributed by atoms with Crippen molar-refractivity contribution in [2.75, 3.05) is 0 Å². The minimum Gasteiger partial charge on any atom is -0.472 e. The Morgan fingerprint density at radius 3 is 2.68 bits per heavy atom. The normalized spacial score (nSPS) is 25.4. The topological polar surface area (TPSA) is 71.4 Å². The monoisotopic (exact) mass is 365 g/mol. The second-order valence-electron chi connectivity index (χ2n) is 6.26. The van der Waals surface area contributed by atoms with Gasteiger partial charge >= 0.3 is 0 Å². The number of hydrazine groups is 1. The number of benzene rings is 1. The van der Waals surface area contributed by atoms with Crippen molar-refractivity contribution in [3.63, 3.8) is 0 Å². The summed E-state index contributed by atoms with van der Waals surface area (Å²) in [4.78, 5) is 4.51. The van der Waals surface area contributed by atoms with E-state index in [1.807, 2.05) is 0 Å². The Morgan fingerprint density at radius 2 is 1.96 bits per heavy atom. The van der Waals surface area contributed by atoms with Crippen LogP contribution in [-0.4, -0.2) is 26.7 Å². The molecule has 6 nitrogen and oxygen atoms in total. The molecule has 1 aromatic heterocycles. The molecule has 25 heavy (non-hydrogen) atoms. The van der Waals surface area contributed by atoms with Crippen LogP contribution in [0, 0.1) is 11.6 Å². The van der Waals surface area contributed by atoms with Crippen LogP contribution in [0.5, 0.6) is 5.88 Å². The lowest BCUT2D eigenvalue weighted by Gasteiger charge is -2.35. The molecule has 0 unspecified atom stereocenters. The summed E-state index contributed by atoms with van der Waals surface area (Å²) in [6.45, 7) is 0. The molecule has 2 heterocycles. The van der Waals surface area contributed by atoms with E-state index < -0.39 is 11.6 Å². The molecule has 1 saturated carbocycles. The van der Waals surface area contributed by atoms with Crippen molar-refractivity contribution in [1.29, 1.82) is 0 Å². The molecular weight excluding hydrogens is 348 g/mol. The molecule has 2 N–H and O–H groups in total. The molecule has 1 aliphatic heterocycles. The number of hydrogen-bond donors (Lipinski definition) is 2. The molecule has 0 amide bonds. The van der Waals surface area contributed by atoms with Crippen molar-refractivity contribution in [2.45, 2.75) is 43.9 Å². The number of hydrogen-bond acceptors (Lipinski definition) is 7.